The van der Waals surface area contributed by atoms with Crippen LogP contribution in [0.25, 0.3) is 0 Å². The zero-order valence-corrected chi connectivity index (χ0v) is 5.80. The molecular weight excluding hydrogens is 108 g/mol. The zero-order chi connectivity index (χ0) is 6.53. The number of rotatable bonds is 0. The van der Waals surface area contributed by atoms with Gasteiger partial charge in [-0.3, -0.25) is 0 Å². The average Bonchev–Trinajstić information content (AvgIpc) is 1.79. The molecule has 0 fully saturated rings. The van der Waals surface area contributed by atoms with Crippen LogP contribution in [0.3, 0.4) is 0 Å². The summed E-state index contributed by atoms with van der Waals surface area (Å²) < 4.78 is 0. The van der Waals surface area contributed by atoms with Crippen molar-refractivity contribution in [2.75, 3.05) is 0 Å². The van der Waals surface area contributed by atoms with Crippen LogP contribution in [0.5, 0.6) is 0 Å². The van der Waals surface area contributed by atoms with Crippen molar-refractivity contribution in [2.45, 2.75) is 19.8 Å². The molecule has 1 aliphatic carbocycles. The van der Waals surface area contributed by atoms with Gasteiger partial charge >= 0.3 is 0 Å². The minimum Gasteiger partial charge on any atom is -0.0815 e. The third kappa shape index (κ3) is 2.31. The third-order valence-electron chi connectivity index (χ3n) is 1.43. The summed E-state index contributed by atoms with van der Waals surface area (Å²) in [6, 6.07) is 0. The summed E-state index contributed by atoms with van der Waals surface area (Å²) in [6.07, 6.45) is 13.0. The van der Waals surface area contributed by atoms with Gasteiger partial charge in [-0.05, 0) is 19.8 Å². The zero-order valence-electron chi connectivity index (χ0n) is 5.80. The highest BCUT2D eigenvalue weighted by Gasteiger charge is 1.84. The lowest BCUT2D eigenvalue weighted by atomic mass is 10.1. The van der Waals surface area contributed by atoms with Gasteiger partial charge in [0.15, 0.2) is 0 Å². The predicted octanol–water partition coefficient (Wildman–Crippen LogP) is 2.84. The van der Waals surface area contributed by atoms with Gasteiger partial charge in [-0.2, -0.15) is 0 Å². The Morgan fingerprint density at radius 3 is 2.89 bits per heavy atom. The molecule has 1 aliphatic rings. The van der Waals surface area contributed by atoms with E-state index >= 15 is 0 Å². The van der Waals surface area contributed by atoms with Crippen LogP contribution in [-0.2, 0) is 0 Å². The van der Waals surface area contributed by atoms with Crippen molar-refractivity contribution in [2.24, 2.45) is 0 Å². The van der Waals surface area contributed by atoms with Gasteiger partial charge in [-0.25, -0.2) is 0 Å². The molecule has 9 heavy (non-hydrogen) atoms. The van der Waals surface area contributed by atoms with E-state index in [9.17, 15) is 0 Å². The lowest BCUT2D eigenvalue weighted by Crippen LogP contribution is -1.74. The van der Waals surface area contributed by atoms with E-state index in [-0.39, 0.29) is 0 Å². The van der Waals surface area contributed by atoms with Gasteiger partial charge in [0.1, 0.15) is 0 Å². The minimum absolute atomic E-state index is 1.09. The summed E-state index contributed by atoms with van der Waals surface area (Å²) in [7, 11) is 0. The van der Waals surface area contributed by atoms with Gasteiger partial charge in [-0.15, -0.1) is 0 Å². The van der Waals surface area contributed by atoms with Gasteiger partial charge in [0.2, 0.25) is 0 Å². The Morgan fingerprint density at radius 2 is 2.00 bits per heavy atom. The molecule has 0 unspecified atom stereocenters. The fourth-order valence-corrected chi connectivity index (χ4v) is 0.842. The first kappa shape index (κ1) is 6.34. The predicted molar refractivity (Wildman–Crippen MR) is 41.3 cm³/mol. The molecule has 48 valence electrons. The summed E-state index contributed by atoms with van der Waals surface area (Å²) in [4.78, 5) is 0. The monoisotopic (exact) mass is 120 g/mol. The van der Waals surface area contributed by atoms with Gasteiger partial charge in [0.05, 0.1) is 0 Å². The summed E-state index contributed by atoms with van der Waals surface area (Å²) in [6.45, 7) is 2.17. The standard InChI is InChI=1S/C9H12/c1-9-7-5-3-2-4-6-8-9/h2-5,8H,6-7H2,1H3/b4-2-,5-3?,9-8-. The molecule has 0 saturated carbocycles. The van der Waals surface area contributed by atoms with Gasteiger partial charge < -0.3 is 0 Å². The molecule has 0 saturated heterocycles. The molecule has 0 aromatic carbocycles. The Morgan fingerprint density at radius 1 is 1.22 bits per heavy atom. The molecule has 0 N–H and O–H groups in total. The molecule has 0 aromatic heterocycles. The second-order valence-corrected chi connectivity index (χ2v) is 2.35. The molecule has 0 aromatic rings. The Bertz CT molecular complexity index is 159. The summed E-state index contributed by atoms with van der Waals surface area (Å²) in [5.41, 5.74) is 1.47. The summed E-state index contributed by atoms with van der Waals surface area (Å²) in [5, 5.41) is 0. The largest absolute Gasteiger partial charge is 0.0815 e. The van der Waals surface area contributed by atoms with Crippen LogP contribution in [0, 0.1) is 0 Å². The van der Waals surface area contributed by atoms with E-state index in [0.717, 1.165) is 12.8 Å². The topological polar surface area (TPSA) is 0 Å². The molecule has 1 rings (SSSR count). The van der Waals surface area contributed by atoms with Crippen molar-refractivity contribution in [1.29, 1.82) is 0 Å². The quantitative estimate of drug-likeness (QED) is 0.431. The maximum atomic E-state index is 2.26. The molecular formula is C9H12. The number of allylic oxidation sites excluding steroid dienone is 6. The van der Waals surface area contributed by atoms with Crippen LogP contribution >= 0.6 is 0 Å². The highest BCUT2D eigenvalue weighted by atomic mass is 13.9. The van der Waals surface area contributed by atoms with E-state index in [1.54, 1.807) is 0 Å². The Kier molecular flexibility index (Phi) is 2.32. The van der Waals surface area contributed by atoms with Crippen LogP contribution in [-0.4, -0.2) is 0 Å². The lowest BCUT2D eigenvalue weighted by molar-refractivity contribution is 1.16. The highest BCUT2D eigenvalue weighted by molar-refractivity contribution is 5.14. The van der Waals surface area contributed by atoms with Crippen LogP contribution in [0.1, 0.15) is 19.8 Å². The van der Waals surface area contributed by atoms with Gasteiger partial charge in [-0.1, -0.05) is 36.0 Å². The van der Waals surface area contributed by atoms with E-state index in [2.05, 4.69) is 37.3 Å². The lowest BCUT2D eigenvalue weighted by Gasteiger charge is -1.95. The van der Waals surface area contributed by atoms with Crippen molar-refractivity contribution >= 4 is 0 Å². The molecule has 0 amide bonds. The number of hydrogen-bond acceptors (Lipinski definition) is 0. The summed E-state index contributed by atoms with van der Waals surface area (Å²) in [5.74, 6) is 0. The third-order valence-corrected chi connectivity index (χ3v) is 1.43. The maximum absolute atomic E-state index is 2.26. The van der Waals surface area contributed by atoms with Crippen LogP contribution in [0.4, 0.5) is 0 Å². The van der Waals surface area contributed by atoms with E-state index in [4.69, 9.17) is 0 Å². The smallest absolute Gasteiger partial charge is 0.0138 e. The van der Waals surface area contributed by atoms with E-state index in [0.29, 0.717) is 0 Å². The Balaban J connectivity index is 2.61. The van der Waals surface area contributed by atoms with E-state index in [1.807, 2.05) is 0 Å². The highest BCUT2D eigenvalue weighted by Crippen LogP contribution is 2.05. The fraction of sp³-hybridized carbons (Fsp3) is 0.333. The first-order valence-electron chi connectivity index (χ1n) is 3.37. The number of hydrogen-bond donors (Lipinski definition) is 0. The average molecular weight is 120 g/mol. The molecule has 0 heteroatoms. The van der Waals surface area contributed by atoms with Crippen molar-refractivity contribution in [3.63, 3.8) is 0 Å². The van der Waals surface area contributed by atoms with Gasteiger partial charge in [0.25, 0.3) is 0 Å². The molecule has 0 bridgehead atoms. The Hall–Kier alpha value is -0.780. The van der Waals surface area contributed by atoms with Crippen LogP contribution in [0.2, 0.25) is 0 Å². The molecule has 0 atom stereocenters. The summed E-state index contributed by atoms with van der Waals surface area (Å²) >= 11 is 0. The Labute approximate surface area is 56.6 Å². The second-order valence-electron chi connectivity index (χ2n) is 2.35. The molecule has 0 spiro atoms. The van der Waals surface area contributed by atoms with Crippen molar-refractivity contribution in [3.05, 3.63) is 36.0 Å². The minimum atomic E-state index is 1.09. The SMILES string of the molecule is C/C1=C/C/C=C\C=CC1. The molecule has 0 nitrogen and oxygen atoms in total. The molecule has 0 radical (unpaired) electrons. The first-order chi connectivity index (χ1) is 4.39. The molecule has 0 heterocycles. The van der Waals surface area contributed by atoms with E-state index in [1.165, 1.54) is 5.57 Å². The first-order valence-corrected chi connectivity index (χ1v) is 3.37. The molecule has 0 aliphatic heterocycles. The normalized spacial score (nSPS) is 27.9. The van der Waals surface area contributed by atoms with Crippen LogP contribution < -0.4 is 0 Å². The second kappa shape index (κ2) is 3.29. The van der Waals surface area contributed by atoms with Crippen molar-refractivity contribution in [3.8, 4) is 0 Å². The fourth-order valence-electron chi connectivity index (χ4n) is 0.842. The maximum Gasteiger partial charge on any atom is -0.0138 e. The van der Waals surface area contributed by atoms with Crippen molar-refractivity contribution in [1.82, 2.24) is 0 Å². The van der Waals surface area contributed by atoms with Crippen molar-refractivity contribution < 1.29 is 0 Å². The van der Waals surface area contributed by atoms with Gasteiger partial charge in [0, 0.05) is 0 Å². The van der Waals surface area contributed by atoms with E-state index < -0.39 is 0 Å². The van der Waals surface area contributed by atoms with Crippen LogP contribution in [0.15, 0.2) is 36.0 Å².